The average Bonchev–Trinajstić information content (AvgIpc) is 3.37. The Morgan fingerprint density at radius 1 is 1.16 bits per heavy atom. The zero-order valence-electron chi connectivity index (χ0n) is 17.0. The maximum atomic E-state index is 12.2. The Morgan fingerprint density at radius 2 is 1.91 bits per heavy atom. The van der Waals surface area contributed by atoms with Crippen molar-refractivity contribution in [2.24, 2.45) is 10.2 Å². The molecule has 0 aliphatic carbocycles. The SMILES string of the molecule is Cc1ccc(NC(=O)C[C@H]2S/C(=N/N=C\c3ccc(-c4ccc(Cl)cc4)o3)NC2=O)cc1. The number of anilines is 1. The highest BCUT2D eigenvalue weighted by Gasteiger charge is 2.32. The molecule has 7 nitrogen and oxygen atoms in total. The van der Waals surface area contributed by atoms with Crippen molar-refractivity contribution in [3.8, 4) is 11.3 Å². The molecule has 2 heterocycles. The van der Waals surface area contributed by atoms with E-state index < -0.39 is 5.25 Å². The molecule has 1 aliphatic rings. The lowest BCUT2D eigenvalue weighted by atomic mass is 10.2. The van der Waals surface area contributed by atoms with Crippen LogP contribution in [0.1, 0.15) is 17.7 Å². The molecule has 1 saturated heterocycles. The van der Waals surface area contributed by atoms with E-state index in [-0.39, 0.29) is 18.2 Å². The highest BCUT2D eigenvalue weighted by atomic mass is 35.5. The number of hydrogen-bond donors (Lipinski definition) is 2. The van der Waals surface area contributed by atoms with Crippen LogP contribution in [0, 0.1) is 6.92 Å². The molecule has 0 spiro atoms. The molecule has 32 heavy (non-hydrogen) atoms. The van der Waals surface area contributed by atoms with Crippen LogP contribution in [-0.2, 0) is 9.59 Å². The van der Waals surface area contributed by atoms with Crippen LogP contribution in [-0.4, -0.2) is 28.4 Å². The van der Waals surface area contributed by atoms with Gasteiger partial charge < -0.3 is 15.1 Å². The number of amides is 2. The van der Waals surface area contributed by atoms with Gasteiger partial charge in [-0.25, -0.2) is 0 Å². The van der Waals surface area contributed by atoms with Gasteiger partial charge in [0.2, 0.25) is 11.8 Å². The van der Waals surface area contributed by atoms with Crippen molar-refractivity contribution in [1.29, 1.82) is 0 Å². The zero-order valence-corrected chi connectivity index (χ0v) is 18.6. The minimum atomic E-state index is -0.561. The van der Waals surface area contributed by atoms with Gasteiger partial charge in [-0.15, -0.1) is 5.10 Å². The summed E-state index contributed by atoms with van der Waals surface area (Å²) >= 11 is 7.07. The number of aryl methyl sites for hydroxylation is 1. The predicted molar refractivity (Wildman–Crippen MR) is 128 cm³/mol. The van der Waals surface area contributed by atoms with Gasteiger partial charge in [0.15, 0.2) is 5.17 Å². The van der Waals surface area contributed by atoms with E-state index in [1.165, 1.54) is 18.0 Å². The molecule has 0 radical (unpaired) electrons. The Labute approximate surface area is 193 Å². The summed E-state index contributed by atoms with van der Waals surface area (Å²) in [5.74, 6) is 0.684. The number of halogens is 1. The summed E-state index contributed by atoms with van der Waals surface area (Å²) in [6.45, 7) is 1.97. The molecule has 2 N–H and O–H groups in total. The van der Waals surface area contributed by atoms with Crippen LogP contribution >= 0.6 is 23.4 Å². The molecule has 1 atom stereocenters. The molecule has 1 aromatic heterocycles. The summed E-state index contributed by atoms with van der Waals surface area (Å²) in [5, 5.41) is 13.9. The Morgan fingerprint density at radius 3 is 2.66 bits per heavy atom. The van der Waals surface area contributed by atoms with Gasteiger partial charge >= 0.3 is 0 Å². The van der Waals surface area contributed by atoms with Gasteiger partial charge in [-0.2, -0.15) is 5.10 Å². The molecule has 1 aliphatic heterocycles. The van der Waals surface area contributed by atoms with Crippen LogP contribution in [0.4, 0.5) is 5.69 Å². The minimum absolute atomic E-state index is 0.0374. The number of hydrogen-bond acceptors (Lipinski definition) is 6. The van der Waals surface area contributed by atoms with Crippen LogP contribution in [0.5, 0.6) is 0 Å². The standard InChI is InChI=1S/C23H19ClN4O3S/c1-14-2-8-17(9-3-14)26-21(29)12-20-22(30)27-23(32-20)28-25-13-18-10-11-19(31-18)15-4-6-16(24)7-5-15/h2-11,13,20H,12H2,1H3,(H,26,29)(H,27,28,30)/b25-13-/t20-/m1/s1. The third-order valence-corrected chi connectivity index (χ3v) is 5.90. The van der Waals surface area contributed by atoms with Crippen molar-refractivity contribution >= 4 is 52.2 Å². The second kappa shape index (κ2) is 9.84. The third kappa shape index (κ3) is 5.66. The number of amidine groups is 1. The highest BCUT2D eigenvalue weighted by molar-refractivity contribution is 8.15. The topological polar surface area (TPSA) is 96.1 Å². The fourth-order valence-electron chi connectivity index (χ4n) is 2.93. The zero-order chi connectivity index (χ0) is 22.5. The molecule has 3 aromatic rings. The quantitative estimate of drug-likeness (QED) is 0.400. The molecule has 4 rings (SSSR count). The summed E-state index contributed by atoms with van der Waals surface area (Å²) in [5.41, 5.74) is 2.69. The summed E-state index contributed by atoms with van der Waals surface area (Å²) in [7, 11) is 0. The van der Waals surface area contributed by atoms with E-state index in [1.807, 2.05) is 49.4 Å². The molecule has 162 valence electrons. The van der Waals surface area contributed by atoms with Crippen LogP contribution in [0.3, 0.4) is 0 Å². The smallest absolute Gasteiger partial charge is 0.240 e. The van der Waals surface area contributed by atoms with Gasteiger partial charge in [-0.1, -0.05) is 41.1 Å². The summed E-state index contributed by atoms with van der Waals surface area (Å²) in [6, 6.07) is 18.4. The van der Waals surface area contributed by atoms with Crippen LogP contribution in [0.15, 0.2) is 75.3 Å². The maximum absolute atomic E-state index is 12.2. The molecule has 1 fully saturated rings. The first kappa shape index (κ1) is 21.9. The van der Waals surface area contributed by atoms with E-state index in [4.69, 9.17) is 16.0 Å². The van der Waals surface area contributed by atoms with Gasteiger partial charge in [0, 0.05) is 22.7 Å². The van der Waals surface area contributed by atoms with E-state index in [1.54, 1.807) is 18.2 Å². The Balaban J connectivity index is 1.32. The van der Waals surface area contributed by atoms with Gasteiger partial charge in [0.25, 0.3) is 0 Å². The average molecular weight is 467 g/mol. The molecule has 0 unspecified atom stereocenters. The fourth-order valence-corrected chi connectivity index (χ4v) is 3.98. The second-order valence-corrected chi connectivity index (χ2v) is 8.70. The predicted octanol–water partition coefficient (Wildman–Crippen LogP) is 4.86. The molecule has 0 bridgehead atoms. The van der Waals surface area contributed by atoms with Gasteiger partial charge in [-0.05, 0) is 55.5 Å². The molecular formula is C23H19ClN4O3S. The first-order valence-electron chi connectivity index (χ1n) is 9.77. The lowest BCUT2D eigenvalue weighted by Crippen LogP contribution is -2.28. The largest absolute Gasteiger partial charge is 0.455 e. The molecule has 0 saturated carbocycles. The molecular weight excluding hydrogens is 448 g/mol. The Hall–Kier alpha value is -3.36. The number of thioether (sulfide) groups is 1. The monoisotopic (exact) mass is 466 g/mol. The maximum Gasteiger partial charge on any atom is 0.240 e. The van der Waals surface area contributed by atoms with E-state index in [9.17, 15) is 9.59 Å². The number of nitrogens with zero attached hydrogens (tertiary/aromatic N) is 2. The normalized spacial score (nSPS) is 17.1. The second-order valence-electron chi connectivity index (χ2n) is 7.07. The third-order valence-electron chi connectivity index (χ3n) is 4.57. The first-order valence-corrected chi connectivity index (χ1v) is 11.0. The van der Waals surface area contributed by atoms with E-state index >= 15 is 0 Å². The molecule has 2 aromatic carbocycles. The number of rotatable bonds is 6. The summed E-state index contributed by atoms with van der Waals surface area (Å²) < 4.78 is 5.72. The number of furan rings is 1. The Kier molecular flexibility index (Phi) is 6.72. The summed E-state index contributed by atoms with van der Waals surface area (Å²) in [4.78, 5) is 24.4. The fraction of sp³-hybridized carbons (Fsp3) is 0.130. The van der Waals surface area contributed by atoms with E-state index in [0.717, 1.165) is 11.1 Å². The summed E-state index contributed by atoms with van der Waals surface area (Å²) in [6.07, 6.45) is 1.49. The number of benzene rings is 2. The van der Waals surface area contributed by atoms with Crippen molar-refractivity contribution in [2.75, 3.05) is 5.32 Å². The number of nitrogens with one attached hydrogen (secondary N) is 2. The minimum Gasteiger partial charge on any atom is -0.455 e. The van der Waals surface area contributed by atoms with Crippen molar-refractivity contribution in [3.05, 3.63) is 77.0 Å². The van der Waals surface area contributed by atoms with Crippen LogP contribution in [0.25, 0.3) is 11.3 Å². The van der Waals surface area contributed by atoms with Crippen molar-refractivity contribution in [3.63, 3.8) is 0 Å². The molecule has 9 heteroatoms. The molecule has 2 amide bonds. The van der Waals surface area contributed by atoms with Crippen LogP contribution in [0.2, 0.25) is 5.02 Å². The highest BCUT2D eigenvalue weighted by Crippen LogP contribution is 2.24. The van der Waals surface area contributed by atoms with Gasteiger partial charge in [0.05, 0.1) is 6.21 Å². The number of carbonyl (C=O) groups excluding carboxylic acids is 2. The van der Waals surface area contributed by atoms with E-state index in [0.29, 0.717) is 27.4 Å². The Bertz CT molecular complexity index is 1190. The van der Waals surface area contributed by atoms with Crippen molar-refractivity contribution < 1.29 is 14.0 Å². The first-order chi connectivity index (χ1) is 15.5. The van der Waals surface area contributed by atoms with Gasteiger partial charge in [0.1, 0.15) is 16.8 Å². The van der Waals surface area contributed by atoms with Crippen molar-refractivity contribution in [2.45, 2.75) is 18.6 Å². The van der Waals surface area contributed by atoms with Gasteiger partial charge in [-0.3, -0.25) is 9.59 Å². The number of carbonyl (C=O) groups is 2. The van der Waals surface area contributed by atoms with Crippen LogP contribution < -0.4 is 10.6 Å². The lowest BCUT2D eigenvalue weighted by molar-refractivity contribution is -0.122. The lowest BCUT2D eigenvalue weighted by Gasteiger charge is -2.07. The van der Waals surface area contributed by atoms with Crippen molar-refractivity contribution in [1.82, 2.24) is 5.32 Å². The van der Waals surface area contributed by atoms with E-state index in [2.05, 4.69) is 20.8 Å².